The van der Waals surface area contributed by atoms with Crippen molar-refractivity contribution in [2.45, 2.75) is 147 Å². The molecule has 12 atom stereocenters. The van der Waals surface area contributed by atoms with Gasteiger partial charge in [-0.3, -0.25) is 14.4 Å². The third kappa shape index (κ3) is 11.0. The van der Waals surface area contributed by atoms with Crippen LogP contribution in [0.4, 0.5) is 9.59 Å². The van der Waals surface area contributed by atoms with E-state index < -0.39 is 118 Å². The highest BCUT2D eigenvalue weighted by molar-refractivity contribution is 5.95. The number of amides is 3. The Kier molecular flexibility index (Phi) is 17.1. The Morgan fingerprint density at radius 3 is 2.03 bits per heavy atom. The van der Waals surface area contributed by atoms with Gasteiger partial charge in [0.05, 0.1) is 23.0 Å². The van der Waals surface area contributed by atoms with Crippen LogP contribution in [0.5, 0.6) is 0 Å². The van der Waals surface area contributed by atoms with Crippen LogP contribution in [0.15, 0.2) is 114 Å². The van der Waals surface area contributed by atoms with E-state index in [1.54, 1.807) is 133 Å². The van der Waals surface area contributed by atoms with Gasteiger partial charge in [0.15, 0.2) is 0 Å². The molecule has 0 heterocycles. The van der Waals surface area contributed by atoms with Crippen LogP contribution in [0.3, 0.4) is 0 Å². The number of nitrogens with one attached hydrogen (secondary N) is 1. The highest BCUT2D eigenvalue weighted by atomic mass is 16.6. The molecule has 3 N–H and O–H groups in total. The molecule has 0 saturated heterocycles. The maximum absolute atomic E-state index is 15.6. The van der Waals surface area contributed by atoms with Crippen molar-refractivity contribution in [1.82, 2.24) is 15.1 Å². The van der Waals surface area contributed by atoms with E-state index in [-0.39, 0.29) is 43.2 Å². The fourth-order valence-corrected chi connectivity index (χ4v) is 13.2. The number of benzene rings is 3. The zero-order valence-corrected chi connectivity index (χ0v) is 46.0. The lowest BCUT2D eigenvalue weighted by Crippen LogP contribution is -2.78. The van der Waals surface area contributed by atoms with Crippen molar-refractivity contribution < 1.29 is 67.5 Å². The Morgan fingerprint density at radius 1 is 0.795 bits per heavy atom. The van der Waals surface area contributed by atoms with Crippen molar-refractivity contribution in [3.8, 4) is 0 Å². The monoisotopic (exact) mass is 1070 g/mol. The smallest absolute Gasteiger partial charge is 0.410 e. The predicted octanol–water partition coefficient (Wildman–Crippen LogP) is 8.48. The van der Waals surface area contributed by atoms with E-state index in [9.17, 15) is 34.2 Å². The maximum Gasteiger partial charge on any atom is 0.410 e. The molecule has 3 fully saturated rings. The first kappa shape index (κ1) is 57.3. The Bertz CT molecular complexity index is 2790. The first-order chi connectivity index (χ1) is 37.0. The molecule has 5 aliphatic carbocycles. The van der Waals surface area contributed by atoms with E-state index in [0.717, 1.165) is 25.7 Å². The van der Waals surface area contributed by atoms with Gasteiger partial charge in [0.25, 0.3) is 5.91 Å². The number of carbonyl (C=O) groups is 7. The number of aliphatic hydroxyl groups is 2. The van der Waals surface area contributed by atoms with Gasteiger partial charge in [0.2, 0.25) is 6.10 Å². The number of allylic oxidation sites excluding steroid dienone is 1. The number of ketones is 1. The Balaban J connectivity index is 1.18. The van der Waals surface area contributed by atoms with E-state index in [1.807, 2.05) is 12.2 Å². The largest absolute Gasteiger partial charge is 0.458 e. The van der Waals surface area contributed by atoms with Gasteiger partial charge in [0, 0.05) is 63.3 Å². The van der Waals surface area contributed by atoms with Gasteiger partial charge in [-0.1, -0.05) is 100.0 Å². The van der Waals surface area contributed by atoms with Crippen molar-refractivity contribution in [2.24, 2.45) is 28.6 Å². The fourth-order valence-electron chi connectivity index (χ4n) is 13.2. The number of nitrogens with zero attached hydrogens (tertiary/aromatic N) is 2. The van der Waals surface area contributed by atoms with Gasteiger partial charge >= 0.3 is 30.1 Å². The molecular weight excluding hydrogens is 999 g/mol. The molecule has 0 spiro atoms. The molecule has 3 aromatic rings. The van der Waals surface area contributed by atoms with Crippen LogP contribution in [0, 0.1) is 28.6 Å². The van der Waals surface area contributed by atoms with Gasteiger partial charge in [0.1, 0.15) is 41.3 Å². The molecule has 17 nitrogen and oxygen atoms in total. The average Bonchev–Trinajstić information content (AvgIpc) is 1.85. The van der Waals surface area contributed by atoms with E-state index in [1.165, 1.54) is 23.8 Å². The van der Waals surface area contributed by atoms with Crippen molar-refractivity contribution >= 4 is 41.8 Å². The number of esters is 3. The Hall–Kier alpha value is -6.85. The highest BCUT2D eigenvalue weighted by Gasteiger charge is 2.76. The SMILES string of the molecule is CC(=O)O[C@@]12CC[C@@H]1C[C@H](O)[C@@]1(C)C(=O)[C@H](C)C3=C(C)[C@@H](OC(=O)C(OC(=O)N(C)CCN(C)C(=O)OC4/C=C/CCCCC4)[C@@H](NC(=O)c4ccccc4)c4ccccc4)C[C@@](O)(C(OC(=O)c4ccccc4)C12)C3(C)C. The molecule has 2 bridgehead atoms. The lowest BCUT2D eigenvalue weighted by molar-refractivity contribution is -0.295. The fraction of sp³-hybridized carbons (Fsp3) is 0.525. The number of fused-ring (bicyclic) bond motifs is 5. The zero-order chi connectivity index (χ0) is 56.3. The summed E-state index contributed by atoms with van der Waals surface area (Å²) in [5.41, 5.74) is -5.42. The molecule has 3 saturated carbocycles. The number of likely N-dealkylation sites (N-methyl/N-ethyl adjacent to an activating group) is 2. The molecule has 3 amide bonds. The van der Waals surface area contributed by atoms with E-state index in [0.29, 0.717) is 29.6 Å². The minimum absolute atomic E-state index is 0.0233. The number of hydrogen-bond acceptors (Lipinski definition) is 14. The van der Waals surface area contributed by atoms with Crippen LogP contribution in [0.25, 0.3) is 0 Å². The van der Waals surface area contributed by atoms with Crippen LogP contribution >= 0.6 is 0 Å². The van der Waals surface area contributed by atoms with Crippen LogP contribution in [-0.4, -0.2) is 131 Å². The summed E-state index contributed by atoms with van der Waals surface area (Å²) >= 11 is 0. The second kappa shape index (κ2) is 23.2. The van der Waals surface area contributed by atoms with Gasteiger partial charge in [-0.15, -0.1) is 0 Å². The predicted molar refractivity (Wildman–Crippen MR) is 286 cm³/mol. The Labute approximate surface area is 456 Å². The minimum atomic E-state index is -2.24. The van der Waals surface area contributed by atoms with Crippen LogP contribution < -0.4 is 5.32 Å². The summed E-state index contributed by atoms with van der Waals surface area (Å²) in [5.74, 6) is -6.53. The number of rotatable bonds is 14. The van der Waals surface area contributed by atoms with Crippen LogP contribution in [0.1, 0.15) is 132 Å². The number of aliphatic hydroxyl groups excluding tert-OH is 1. The van der Waals surface area contributed by atoms with Gasteiger partial charge in [-0.2, -0.15) is 0 Å². The summed E-state index contributed by atoms with van der Waals surface area (Å²) in [7, 11) is 2.98. The van der Waals surface area contributed by atoms with Crippen molar-refractivity contribution in [3.63, 3.8) is 0 Å². The standard InChI is InChI=1S/C61H75N3O14/c1-37-45(36-61(73)52(77-54(69)42-27-19-14-20-28-42)50-59(6,51(67)38(2)47(37)58(61,4)5)46(66)35-43-31-32-60(43,50)78-39(3)65)75-55(70)49(48(40-23-15-12-16-24-40)62-53(68)41-25-17-13-18-26-41)76-57(72)64(8)34-33-63(7)56(71)74-44-29-21-10-9-11-22-30-44/h12-21,23-29,38,43-46,48-50,52,66,73H,9-11,22,30-36H2,1-8H3,(H,62,68)/b29-21+/t38-,43-,44?,45+,46+,48+,49?,50?,52?,59-,60+,61-/m1/s1. The molecule has 78 heavy (non-hydrogen) atoms. The normalized spacial score (nSPS) is 30.2. The van der Waals surface area contributed by atoms with Crippen molar-refractivity contribution in [1.29, 1.82) is 0 Å². The summed E-state index contributed by atoms with van der Waals surface area (Å²) in [5, 5.41) is 29.2. The lowest BCUT2D eigenvalue weighted by Gasteiger charge is -2.68. The van der Waals surface area contributed by atoms with Gasteiger partial charge in [-0.05, 0) is 106 Å². The van der Waals surface area contributed by atoms with Crippen molar-refractivity contribution in [3.05, 3.63) is 131 Å². The zero-order valence-electron chi connectivity index (χ0n) is 46.0. The van der Waals surface area contributed by atoms with Crippen LogP contribution in [0.2, 0.25) is 0 Å². The first-order valence-electron chi connectivity index (χ1n) is 27.3. The van der Waals surface area contributed by atoms with Gasteiger partial charge < -0.3 is 49.0 Å². The molecule has 0 radical (unpaired) electrons. The number of ether oxygens (including phenoxy) is 5. The van der Waals surface area contributed by atoms with E-state index >= 15 is 9.59 Å². The summed E-state index contributed by atoms with van der Waals surface area (Å²) in [6.45, 7) is 9.62. The first-order valence-corrected chi connectivity index (χ1v) is 27.3. The number of Topliss-reactive ketones (excluding diaryl/α,β-unsaturated/α-hetero) is 1. The third-order valence-corrected chi connectivity index (χ3v) is 17.7. The summed E-state index contributed by atoms with van der Waals surface area (Å²) in [6, 6.07) is 23.4. The molecule has 8 rings (SSSR count). The highest BCUT2D eigenvalue weighted by Crippen LogP contribution is 2.68. The maximum atomic E-state index is 15.6. The van der Waals surface area contributed by atoms with E-state index in [4.69, 9.17) is 23.7 Å². The molecule has 418 valence electrons. The molecule has 17 heteroatoms. The number of hydrogen-bond donors (Lipinski definition) is 3. The minimum Gasteiger partial charge on any atom is -0.458 e. The molecule has 4 unspecified atom stereocenters. The quantitative estimate of drug-likeness (QED) is 0.0783. The molecule has 5 aliphatic rings. The lowest BCUT2D eigenvalue weighted by atomic mass is 9.40. The van der Waals surface area contributed by atoms with E-state index in [2.05, 4.69) is 5.32 Å². The Morgan fingerprint density at radius 2 is 1.41 bits per heavy atom. The summed E-state index contributed by atoms with van der Waals surface area (Å²) < 4.78 is 31.4. The van der Waals surface area contributed by atoms with Crippen molar-refractivity contribution in [2.75, 3.05) is 27.2 Å². The van der Waals surface area contributed by atoms with Crippen LogP contribution in [-0.2, 0) is 38.1 Å². The second-order valence-corrected chi connectivity index (χ2v) is 22.7. The molecule has 3 aromatic carbocycles. The second-order valence-electron chi connectivity index (χ2n) is 22.7. The topological polar surface area (TPSA) is 225 Å². The summed E-state index contributed by atoms with van der Waals surface area (Å²) in [6.07, 6.45) is 0.700. The molecule has 0 aliphatic heterocycles. The third-order valence-electron chi connectivity index (χ3n) is 17.7. The number of carbonyl (C=O) groups excluding carboxylic acids is 7. The van der Waals surface area contributed by atoms with Gasteiger partial charge in [-0.25, -0.2) is 19.2 Å². The average molecular weight is 1070 g/mol. The summed E-state index contributed by atoms with van der Waals surface area (Å²) in [4.78, 5) is 103. The molecular formula is C61H75N3O14. The molecule has 0 aromatic heterocycles.